The lowest BCUT2D eigenvalue weighted by molar-refractivity contribution is 0.102. The SMILES string of the molecule is CCC1CN2C=Nc3oc(C)c(C(=O)Nc4ccc(OC)c(Cl)c4)c3C2=N1. The van der Waals surface area contributed by atoms with Crippen molar-refractivity contribution < 1.29 is 13.9 Å². The fourth-order valence-electron chi connectivity index (χ4n) is 3.29. The number of amidine groups is 1. The van der Waals surface area contributed by atoms with Gasteiger partial charge in [-0.3, -0.25) is 9.79 Å². The first-order chi connectivity index (χ1) is 13.0. The number of ether oxygens (including phenoxy) is 1. The number of hydrogen-bond acceptors (Lipinski definition) is 6. The van der Waals surface area contributed by atoms with Crippen LogP contribution in [0.3, 0.4) is 0 Å². The molecule has 3 heterocycles. The molecule has 0 spiro atoms. The Morgan fingerprint density at radius 2 is 2.30 bits per heavy atom. The number of aliphatic imine (C=N–C) groups is 2. The van der Waals surface area contributed by atoms with Gasteiger partial charge in [0.2, 0.25) is 5.88 Å². The normalized spacial score (nSPS) is 17.4. The van der Waals surface area contributed by atoms with E-state index in [9.17, 15) is 4.79 Å². The van der Waals surface area contributed by atoms with Gasteiger partial charge in [-0.25, -0.2) is 4.99 Å². The number of amides is 1. The molecule has 1 N–H and O–H groups in total. The zero-order valence-corrected chi connectivity index (χ0v) is 16.0. The van der Waals surface area contributed by atoms with Crippen LogP contribution in [0.2, 0.25) is 5.02 Å². The standard InChI is InChI=1S/C19H19ClN4O3/c1-4-11-8-24-9-21-19-16(17(24)22-11)15(10(2)27-19)18(25)23-12-5-6-14(26-3)13(20)7-12/h5-7,9,11H,4,8H2,1-3H3,(H,23,25). The molecule has 27 heavy (non-hydrogen) atoms. The van der Waals surface area contributed by atoms with Gasteiger partial charge in [0.15, 0.2) is 0 Å². The number of nitrogens with one attached hydrogen (secondary N) is 1. The lowest BCUT2D eigenvalue weighted by Crippen LogP contribution is -2.31. The van der Waals surface area contributed by atoms with E-state index >= 15 is 0 Å². The lowest BCUT2D eigenvalue weighted by Gasteiger charge is -2.18. The predicted molar refractivity (Wildman–Crippen MR) is 105 cm³/mol. The fourth-order valence-corrected chi connectivity index (χ4v) is 3.55. The van der Waals surface area contributed by atoms with Gasteiger partial charge in [-0.1, -0.05) is 18.5 Å². The minimum atomic E-state index is -0.293. The number of hydrogen-bond donors (Lipinski definition) is 1. The van der Waals surface area contributed by atoms with Crippen molar-refractivity contribution in [2.45, 2.75) is 26.3 Å². The van der Waals surface area contributed by atoms with Crippen LogP contribution in [0.25, 0.3) is 0 Å². The van der Waals surface area contributed by atoms with Crippen LogP contribution in [0, 0.1) is 6.92 Å². The molecule has 0 saturated carbocycles. The minimum Gasteiger partial charge on any atom is -0.495 e. The van der Waals surface area contributed by atoms with Crippen molar-refractivity contribution in [2.75, 3.05) is 19.0 Å². The Morgan fingerprint density at radius 1 is 1.48 bits per heavy atom. The van der Waals surface area contributed by atoms with Crippen molar-refractivity contribution in [2.24, 2.45) is 9.98 Å². The van der Waals surface area contributed by atoms with E-state index in [0.29, 0.717) is 39.2 Å². The van der Waals surface area contributed by atoms with Crippen LogP contribution in [0.5, 0.6) is 5.75 Å². The fraction of sp³-hybridized carbons (Fsp3) is 0.316. The number of aryl methyl sites for hydroxylation is 1. The number of halogens is 1. The van der Waals surface area contributed by atoms with Crippen molar-refractivity contribution in [3.63, 3.8) is 0 Å². The second-order valence-electron chi connectivity index (χ2n) is 6.43. The molecule has 4 rings (SSSR count). The maximum atomic E-state index is 13.0. The van der Waals surface area contributed by atoms with Gasteiger partial charge in [0.25, 0.3) is 5.91 Å². The number of benzene rings is 1. The smallest absolute Gasteiger partial charge is 0.260 e. The molecule has 140 valence electrons. The Hall–Kier alpha value is -2.80. The summed E-state index contributed by atoms with van der Waals surface area (Å²) in [5.41, 5.74) is 1.65. The van der Waals surface area contributed by atoms with E-state index in [1.165, 1.54) is 0 Å². The monoisotopic (exact) mass is 386 g/mol. The summed E-state index contributed by atoms with van der Waals surface area (Å²) in [7, 11) is 1.54. The third-order valence-corrected chi connectivity index (χ3v) is 4.99. The van der Waals surface area contributed by atoms with Crippen molar-refractivity contribution in [1.29, 1.82) is 0 Å². The lowest BCUT2D eigenvalue weighted by atomic mass is 10.1. The molecule has 7 nitrogen and oxygen atoms in total. The number of nitrogens with zero attached hydrogens (tertiary/aromatic N) is 3. The van der Waals surface area contributed by atoms with Crippen LogP contribution in [0.15, 0.2) is 32.6 Å². The highest BCUT2D eigenvalue weighted by atomic mass is 35.5. The third kappa shape index (κ3) is 2.98. The Labute approximate surface area is 161 Å². The highest BCUT2D eigenvalue weighted by Crippen LogP contribution is 2.36. The van der Waals surface area contributed by atoms with Crippen LogP contribution < -0.4 is 10.1 Å². The van der Waals surface area contributed by atoms with Gasteiger partial charge in [0.1, 0.15) is 23.7 Å². The van der Waals surface area contributed by atoms with Gasteiger partial charge in [0, 0.05) is 12.2 Å². The maximum Gasteiger partial charge on any atom is 0.260 e. The molecule has 0 saturated heterocycles. The minimum absolute atomic E-state index is 0.184. The zero-order chi connectivity index (χ0) is 19.1. The third-order valence-electron chi connectivity index (χ3n) is 4.70. The van der Waals surface area contributed by atoms with Gasteiger partial charge in [-0.05, 0) is 31.5 Å². The highest BCUT2D eigenvalue weighted by Gasteiger charge is 2.35. The maximum absolute atomic E-state index is 13.0. The summed E-state index contributed by atoms with van der Waals surface area (Å²) in [5.74, 6) is 1.90. The van der Waals surface area contributed by atoms with E-state index in [0.717, 1.165) is 18.8 Å². The number of carbonyl (C=O) groups is 1. The molecule has 0 aliphatic carbocycles. The summed E-state index contributed by atoms with van der Waals surface area (Å²) in [6.07, 6.45) is 2.64. The van der Waals surface area contributed by atoms with Crippen molar-refractivity contribution >= 4 is 41.3 Å². The van der Waals surface area contributed by atoms with E-state index in [4.69, 9.17) is 25.7 Å². The summed E-state index contributed by atoms with van der Waals surface area (Å²) in [5, 5.41) is 3.29. The molecule has 1 aromatic carbocycles. The molecule has 2 aliphatic heterocycles. The van der Waals surface area contributed by atoms with E-state index in [1.54, 1.807) is 38.6 Å². The van der Waals surface area contributed by atoms with E-state index in [2.05, 4.69) is 17.2 Å². The largest absolute Gasteiger partial charge is 0.495 e. The molecular weight excluding hydrogens is 368 g/mol. The van der Waals surface area contributed by atoms with Crippen LogP contribution in [-0.2, 0) is 0 Å². The van der Waals surface area contributed by atoms with E-state index < -0.39 is 0 Å². The Bertz CT molecular complexity index is 980. The first-order valence-electron chi connectivity index (χ1n) is 8.69. The van der Waals surface area contributed by atoms with Crippen molar-refractivity contribution in [3.8, 4) is 5.75 Å². The van der Waals surface area contributed by atoms with Crippen LogP contribution in [0.1, 0.15) is 35.0 Å². The molecule has 0 radical (unpaired) electrons. The van der Waals surface area contributed by atoms with Crippen LogP contribution in [-0.4, -0.2) is 42.7 Å². The summed E-state index contributed by atoms with van der Waals surface area (Å²) in [6.45, 7) is 4.60. The Morgan fingerprint density at radius 3 is 3.00 bits per heavy atom. The first-order valence-corrected chi connectivity index (χ1v) is 9.06. The van der Waals surface area contributed by atoms with Crippen LogP contribution in [0.4, 0.5) is 11.6 Å². The number of methoxy groups -OCH3 is 1. The van der Waals surface area contributed by atoms with E-state index in [-0.39, 0.29) is 11.9 Å². The first kappa shape index (κ1) is 17.6. The topological polar surface area (TPSA) is 79.4 Å². The number of carbonyl (C=O) groups excluding carboxylic acids is 1. The molecule has 8 heteroatoms. The van der Waals surface area contributed by atoms with Gasteiger partial charge < -0.3 is 19.4 Å². The van der Waals surface area contributed by atoms with Gasteiger partial charge in [-0.15, -0.1) is 0 Å². The van der Waals surface area contributed by atoms with Gasteiger partial charge in [-0.2, -0.15) is 0 Å². The number of furan rings is 1. The molecule has 1 unspecified atom stereocenters. The molecule has 0 fully saturated rings. The number of anilines is 1. The molecule has 1 atom stereocenters. The summed E-state index contributed by atoms with van der Waals surface area (Å²) in [6, 6.07) is 5.26. The summed E-state index contributed by atoms with van der Waals surface area (Å²) in [4.78, 5) is 24.1. The second kappa shape index (κ2) is 6.74. The Balaban J connectivity index is 1.69. The summed E-state index contributed by atoms with van der Waals surface area (Å²) < 4.78 is 10.9. The Kier molecular flexibility index (Phi) is 4.39. The average Bonchev–Trinajstić information content (AvgIpc) is 3.21. The van der Waals surface area contributed by atoms with E-state index in [1.807, 2.05) is 4.90 Å². The quantitative estimate of drug-likeness (QED) is 0.860. The summed E-state index contributed by atoms with van der Waals surface area (Å²) >= 11 is 6.15. The highest BCUT2D eigenvalue weighted by molar-refractivity contribution is 6.32. The van der Waals surface area contributed by atoms with Gasteiger partial charge in [0.05, 0.1) is 29.3 Å². The van der Waals surface area contributed by atoms with Crippen molar-refractivity contribution in [1.82, 2.24) is 4.90 Å². The predicted octanol–water partition coefficient (Wildman–Crippen LogP) is 4.02. The zero-order valence-electron chi connectivity index (χ0n) is 15.2. The molecule has 1 amide bonds. The second-order valence-corrected chi connectivity index (χ2v) is 6.84. The molecular formula is C19H19ClN4O3. The number of fused-ring (bicyclic) bond motifs is 3. The average molecular weight is 387 g/mol. The number of rotatable bonds is 4. The molecule has 1 aromatic heterocycles. The molecule has 2 aromatic rings. The molecule has 2 aliphatic rings. The molecule has 0 bridgehead atoms. The van der Waals surface area contributed by atoms with Gasteiger partial charge >= 0.3 is 0 Å². The van der Waals surface area contributed by atoms with Crippen LogP contribution >= 0.6 is 11.6 Å². The van der Waals surface area contributed by atoms with Crippen molar-refractivity contribution in [3.05, 3.63) is 40.1 Å².